The van der Waals surface area contributed by atoms with Crippen molar-refractivity contribution >= 4 is 23.2 Å². The van der Waals surface area contributed by atoms with Gasteiger partial charge in [-0.25, -0.2) is 0 Å². The molecule has 0 radical (unpaired) electrons. The SMILES string of the molecule is COC(OC)C(O)Cc1cccc(Cl)c1Cl. The Labute approximate surface area is 105 Å². The van der Waals surface area contributed by atoms with Gasteiger partial charge in [0.1, 0.15) is 6.10 Å². The van der Waals surface area contributed by atoms with Crippen molar-refractivity contribution in [3.05, 3.63) is 33.8 Å². The quantitative estimate of drug-likeness (QED) is 0.831. The van der Waals surface area contributed by atoms with Crippen LogP contribution < -0.4 is 0 Å². The van der Waals surface area contributed by atoms with Gasteiger partial charge in [-0.15, -0.1) is 0 Å². The standard InChI is InChI=1S/C11H14Cl2O3/c1-15-11(16-2)9(14)6-7-4-3-5-8(12)10(7)13/h3-5,9,11,14H,6H2,1-2H3. The van der Waals surface area contributed by atoms with E-state index in [2.05, 4.69) is 0 Å². The van der Waals surface area contributed by atoms with Gasteiger partial charge in [0.2, 0.25) is 0 Å². The van der Waals surface area contributed by atoms with Gasteiger partial charge in [-0.2, -0.15) is 0 Å². The monoisotopic (exact) mass is 264 g/mol. The van der Waals surface area contributed by atoms with Gasteiger partial charge in [0, 0.05) is 20.6 Å². The third-order valence-corrected chi connectivity index (χ3v) is 3.10. The van der Waals surface area contributed by atoms with E-state index in [4.69, 9.17) is 32.7 Å². The lowest BCUT2D eigenvalue weighted by Gasteiger charge is -2.20. The molecular weight excluding hydrogens is 251 g/mol. The van der Waals surface area contributed by atoms with E-state index in [1.165, 1.54) is 14.2 Å². The van der Waals surface area contributed by atoms with Gasteiger partial charge in [0.25, 0.3) is 0 Å². The van der Waals surface area contributed by atoms with Gasteiger partial charge in [-0.3, -0.25) is 0 Å². The molecule has 16 heavy (non-hydrogen) atoms. The fourth-order valence-electron chi connectivity index (χ4n) is 1.44. The molecule has 90 valence electrons. The van der Waals surface area contributed by atoms with Crippen LogP contribution in [0.3, 0.4) is 0 Å². The van der Waals surface area contributed by atoms with E-state index in [-0.39, 0.29) is 0 Å². The summed E-state index contributed by atoms with van der Waals surface area (Å²) in [7, 11) is 2.94. The van der Waals surface area contributed by atoms with Gasteiger partial charge in [0.05, 0.1) is 10.0 Å². The van der Waals surface area contributed by atoms with E-state index >= 15 is 0 Å². The topological polar surface area (TPSA) is 38.7 Å². The molecule has 1 N–H and O–H groups in total. The van der Waals surface area contributed by atoms with Crippen LogP contribution in [-0.4, -0.2) is 31.7 Å². The number of methoxy groups -OCH3 is 2. The fourth-order valence-corrected chi connectivity index (χ4v) is 1.84. The third kappa shape index (κ3) is 3.34. The largest absolute Gasteiger partial charge is 0.387 e. The number of benzene rings is 1. The summed E-state index contributed by atoms with van der Waals surface area (Å²) in [6.07, 6.45) is -1.13. The Morgan fingerprint density at radius 2 is 1.88 bits per heavy atom. The van der Waals surface area contributed by atoms with Crippen LogP contribution >= 0.6 is 23.2 Å². The van der Waals surface area contributed by atoms with Crippen molar-refractivity contribution in [3.8, 4) is 0 Å². The molecule has 0 spiro atoms. The van der Waals surface area contributed by atoms with Crippen LogP contribution in [0.5, 0.6) is 0 Å². The second-order valence-corrected chi connectivity index (χ2v) is 4.11. The maximum atomic E-state index is 9.83. The molecule has 0 saturated heterocycles. The zero-order valence-electron chi connectivity index (χ0n) is 9.11. The predicted octanol–water partition coefficient (Wildman–Crippen LogP) is 2.52. The minimum atomic E-state index is -0.786. The molecule has 1 aromatic carbocycles. The summed E-state index contributed by atoms with van der Waals surface area (Å²) in [5.74, 6) is 0. The third-order valence-electron chi connectivity index (χ3n) is 2.24. The number of ether oxygens (including phenoxy) is 2. The lowest BCUT2D eigenvalue weighted by Crippen LogP contribution is -2.31. The van der Waals surface area contributed by atoms with Crippen molar-refractivity contribution in [2.24, 2.45) is 0 Å². The van der Waals surface area contributed by atoms with E-state index in [0.717, 1.165) is 5.56 Å². The Hall–Kier alpha value is -0.320. The molecule has 0 fully saturated rings. The van der Waals surface area contributed by atoms with Crippen LogP contribution in [0.4, 0.5) is 0 Å². The molecule has 0 amide bonds. The fraction of sp³-hybridized carbons (Fsp3) is 0.455. The molecule has 0 aromatic heterocycles. The second kappa shape index (κ2) is 6.42. The summed E-state index contributed by atoms with van der Waals surface area (Å²) >= 11 is 11.9. The first kappa shape index (κ1) is 13.7. The van der Waals surface area contributed by atoms with Crippen LogP contribution in [-0.2, 0) is 15.9 Å². The van der Waals surface area contributed by atoms with Crippen LogP contribution in [0.15, 0.2) is 18.2 Å². The van der Waals surface area contributed by atoms with E-state index in [1.807, 2.05) is 0 Å². The summed E-state index contributed by atoms with van der Waals surface area (Å²) in [6.45, 7) is 0. The molecule has 1 aromatic rings. The Morgan fingerprint density at radius 3 is 2.44 bits per heavy atom. The van der Waals surface area contributed by atoms with Gasteiger partial charge in [-0.1, -0.05) is 35.3 Å². The highest BCUT2D eigenvalue weighted by Crippen LogP contribution is 2.26. The van der Waals surface area contributed by atoms with Gasteiger partial charge < -0.3 is 14.6 Å². The molecule has 3 nitrogen and oxygen atoms in total. The summed E-state index contributed by atoms with van der Waals surface area (Å²) in [5.41, 5.74) is 0.765. The maximum Gasteiger partial charge on any atom is 0.183 e. The van der Waals surface area contributed by atoms with Crippen LogP contribution in [0.1, 0.15) is 5.56 Å². The van der Waals surface area contributed by atoms with Gasteiger partial charge in [-0.05, 0) is 11.6 Å². The Kier molecular flexibility index (Phi) is 5.52. The minimum absolute atomic E-state index is 0.325. The normalized spacial score (nSPS) is 13.1. The Morgan fingerprint density at radius 1 is 1.25 bits per heavy atom. The average molecular weight is 265 g/mol. The summed E-state index contributed by atoms with van der Waals surface area (Å²) < 4.78 is 9.91. The highest BCUT2D eigenvalue weighted by Gasteiger charge is 2.19. The number of aliphatic hydroxyl groups excluding tert-OH is 1. The van der Waals surface area contributed by atoms with Gasteiger partial charge in [0.15, 0.2) is 6.29 Å². The molecular formula is C11H14Cl2O3. The van der Waals surface area contributed by atoms with Crippen LogP contribution in [0.25, 0.3) is 0 Å². The number of hydrogen-bond donors (Lipinski definition) is 1. The number of rotatable bonds is 5. The van der Waals surface area contributed by atoms with E-state index in [9.17, 15) is 5.11 Å². The predicted molar refractivity (Wildman–Crippen MR) is 64.0 cm³/mol. The first-order valence-corrected chi connectivity index (χ1v) is 5.52. The first-order valence-electron chi connectivity index (χ1n) is 4.76. The molecule has 0 saturated carbocycles. The lowest BCUT2D eigenvalue weighted by molar-refractivity contribution is -0.163. The number of hydrogen-bond acceptors (Lipinski definition) is 3. The van der Waals surface area contributed by atoms with Gasteiger partial charge >= 0.3 is 0 Å². The molecule has 0 aliphatic carbocycles. The molecule has 0 aliphatic rings. The van der Waals surface area contributed by atoms with Crippen molar-refractivity contribution in [1.29, 1.82) is 0 Å². The van der Waals surface area contributed by atoms with Crippen LogP contribution in [0.2, 0.25) is 10.0 Å². The lowest BCUT2D eigenvalue weighted by atomic mass is 10.1. The van der Waals surface area contributed by atoms with E-state index in [0.29, 0.717) is 16.5 Å². The highest BCUT2D eigenvalue weighted by atomic mass is 35.5. The number of aliphatic hydroxyl groups is 1. The summed E-state index contributed by atoms with van der Waals surface area (Å²) in [5, 5.41) is 10.7. The first-order chi connectivity index (χ1) is 7.60. The molecule has 1 atom stereocenters. The minimum Gasteiger partial charge on any atom is -0.387 e. The molecule has 0 aliphatic heterocycles. The smallest absolute Gasteiger partial charge is 0.183 e. The summed E-state index contributed by atoms with van der Waals surface area (Å²) in [4.78, 5) is 0. The number of halogens is 2. The zero-order chi connectivity index (χ0) is 12.1. The Bertz CT molecular complexity index is 340. The zero-order valence-corrected chi connectivity index (χ0v) is 10.6. The maximum absolute atomic E-state index is 9.83. The highest BCUT2D eigenvalue weighted by molar-refractivity contribution is 6.42. The second-order valence-electron chi connectivity index (χ2n) is 3.32. The van der Waals surface area contributed by atoms with Crippen molar-refractivity contribution in [1.82, 2.24) is 0 Å². The average Bonchev–Trinajstić information content (AvgIpc) is 2.26. The molecule has 0 bridgehead atoms. The molecule has 0 heterocycles. The van der Waals surface area contributed by atoms with Crippen molar-refractivity contribution in [2.75, 3.05) is 14.2 Å². The van der Waals surface area contributed by atoms with Crippen LogP contribution in [0, 0.1) is 0 Å². The van der Waals surface area contributed by atoms with Crippen molar-refractivity contribution in [2.45, 2.75) is 18.8 Å². The molecule has 1 unspecified atom stereocenters. The molecule has 5 heteroatoms. The Balaban J connectivity index is 2.76. The summed E-state index contributed by atoms with van der Waals surface area (Å²) in [6, 6.07) is 5.29. The van der Waals surface area contributed by atoms with Crippen molar-refractivity contribution < 1.29 is 14.6 Å². The molecule has 1 rings (SSSR count). The van der Waals surface area contributed by atoms with Crippen molar-refractivity contribution in [3.63, 3.8) is 0 Å². The van der Waals surface area contributed by atoms with E-state index in [1.54, 1.807) is 18.2 Å². The van der Waals surface area contributed by atoms with E-state index < -0.39 is 12.4 Å².